The molecule has 5 heteroatoms. The van der Waals surface area contributed by atoms with Gasteiger partial charge in [-0.25, -0.2) is 0 Å². The maximum absolute atomic E-state index is 12.7. The summed E-state index contributed by atoms with van der Waals surface area (Å²) in [6, 6.07) is 7.26. The van der Waals surface area contributed by atoms with E-state index in [1.165, 1.54) is 0 Å². The van der Waals surface area contributed by atoms with Gasteiger partial charge in [0.25, 0.3) is 11.8 Å². The van der Waals surface area contributed by atoms with Crippen LogP contribution in [0.25, 0.3) is 0 Å². The first-order chi connectivity index (χ1) is 11.5. The molecular weight excluding hydrogens is 302 g/mol. The van der Waals surface area contributed by atoms with Crippen LogP contribution in [0.15, 0.2) is 24.3 Å². The van der Waals surface area contributed by atoms with Crippen molar-refractivity contribution in [3.63, 3.8) is 0 Å². The monoisotopic (exact) mass is 331 g/mol. The summed E-state index contributed by atoms with van der Waals surface area (Å²) in [7, 11) is 0. The molecule has 24 heavy (non-hydrogen) atoms. The van der Waals surface area contributed by atoms with E-state index >= 15 is 0 Å². The van der Waals surface area contributed by atoms with Crippen LogP contribution in [-0.2, 0) is 0 Å². The Hall–Kier alpha value is -1.88. The highest BCUT2D eigenvalue weighted by Crippen LogP contribution is 2.24. The van der Waals surface area contributed by atoms with Crippen LogP contribution >= 0.6 is 0 Å². The first-order valence-corrected chi connectivity index (χ1v) is 8.92. The molecule has 0 aromatic heterocycles. The molecule has 0 spiro atoms. The van der Waals surface area contributed by atoms with Crippen molar-refractivity contribution in [2.24, 2.45) is 11.7 Å². The van der Waals surface area contributed by atoms with Gasteiger partial charge < -0.3 is 15.5 Å². The topological polar surface area (TPSA) is 66.6 Å². The molecule has 1 saturated heterocycles. The zero-order chi connectivity index (χ0) is 17.7. The van der Waals surface area contributed by atoms with Gasteiger partial charge >= 0.3 is 0 Å². The summed E-state index contributed by atoms with van der Waals surface area (Å²) in [5.74, 6) is 0.436. The number of benzene rings is 1. The molecule has 2 atom stereocenters. The fourth-order valence-corrected chi connectivity index (χ4v) is 3.37. The second-order valence-electron chi connectivity index (χ2n) is 6.61. The quantitative estimate of drug-likeness (QED) is 0.870. The normalized spacial score (nSPS) is 20.2. The van der Waals surface area contributed by atoms with Gasteiger partial charge in [-0.1, -0.05) is 6.92 Å². The number of rotatable bonds is 6. The van der Waals surface area contributed by atoms with E-state index in [9.17, 15) is 9.59 Å². The van der Waals surface area contributed by atoms with Crippen molar-refractivity contribution < 1.29 is 9.59 Å². The molecule has 0 aliphatic carbocycles. The number of hydrogen-bond donors (Lipinski definition) is 1. The van der Waals surface area contributed by atoms with E-state index in [0.29, 0.717) is 30.1 Å². The maximum Gasteiger partial charge on any atom is 0.254 e. The maximum atomic E-state index is 12.7. The van der Waals surface area contributed by atoms with Gasteiger partial charge in [-0.3, -0.25) is 9.59 Å². The Labute approximate surface area is 144 Å². The molecular formula is C19H29N3O2. The van der Waals surface area contributed by atoms with E-state index in [2.05, 4.69) is 13.8 Å². The number of amides is 2. The van der Waals surface area contributed by atoms with Crippen molar-refractivity contribution in [3.05, 3.63) is 35.4 Å². The van der Waals surface area contributed by atoms with Crippen molar-refractivity contribution in [2.45, 2.75) is 39.7 Å². The molecule has 0 radical (unpaired) electrons. The average molecular weight is 331 g/mol. The van der Waals surface area contributed by atoms with E-state index in [4.69, 9.17) is 5.73 Å². The number of carbonyl (C=O) groups excluding carboxylic acids is 2. The number of nitrogens with two attached hydrogens (primary N) is 1. The lowest BCUT2D eigenvalue weighted by Crippen LogP contribution is -2.34. The Morgan fingerprint density at radius 2 is 1.83 bits per heavy atom. The third-order valence-corrected chi connectivity index (χ3v) is 4.80. The van der Waals surface area contributed by atoms with E-state index in [1.54, 1.807) is 24.3 Å². The summed E-state index contributed by atoms with van der Waals surface area (Å²) < 4.78 is 0. The van der Waals surface area contributed by atoms with Gasteiger partial charge in [-0.2, -0.15) is 0 Å². The van der Waals surface area contributed by atoms with Gasteiger partial charge in [-0.15, -0.1) is 0 Å². The van der Waals surface area contributed by atoms with Crippen molar-refractivity contribution in [2.75, 3.05) is 26.2 Å². The molecule has 1 aliphatic heterocycles. The summed E-state index contributed by atoms with van der Waals surface area (Å²) in [5, 5.41) is 0. The second kappa shape index (κ2) is 8.29. The molecule has 0 bridgehead atoms. The zero-order valence-electron chi connectivity index (χ0n) is 15.0. The van der Waals surface area contributed by atoms with E-state index in [-0.39, 0.29) is 17.9 Å². The van der Waals surface area contributed by atoms with Gasteiger partial charge in [0, 0.05) is 36.8 Å². The van der Waals surface area contributed by atoms with E-state index in [1.807, 2.05) is 16.7 Å². The van der Waals surface area contributed by atoms with Crippen molar-refractivity contribution in [1.29, 1.82) is 0 Å². The minimum absolute atomic E-state index is 0.0242. The molecule has 1 aromatic rings. The van der Waals surface area contributed by atoms with Crippen molar-refractivity contribution in [3.8, 4) is 0 Å². The molecule has 0 saturated carbocycles. The summed E-state index contributed by atoms with van der Waals surface area (Å²) in [4.78, 5) is 28.9. The predicted molar refractivity (Wildman–Crippen MR) is 96.0 cm³/mol. The Bertz CT molecular complexity index is 570. The molecule has 1 fully saturated rings. The SMILES string of the molecule is CCCN(CC)C(=O)c1ccc(C(=O)N2CC(CN)CC2C)cc1. The lowest BCUT2D eigenvalue weighted by atomic mass is 10.1. The molecule has 2 amide bonds. The highest BCUT2D eigenvalue weighted by atomic mass is 16.2. The lowest BCUT2D eigenvalue weighted by Gasteiger charge is -2.22. The Morgan fingerprint density at radius 3 is 2.33 bits per heavy atom. The Balaban J connectivity index is 2.09. The van der Waals surface area contributed by atoms with Crippen LogP contribution in [0, 0.1) is 5.92 Å². The zero-order valence-corrected chi connectivity index (χ0v) is 15.0. The van der Waals surface area contributed by atoms with Gasteiger partial charge in [-0.05, 0) is 63.4 Å². The summed E-state index contributed by atoms with van der Waals surface area (Å²) >= 11 is 0. The lowest BCUT2D eigenvalue weighted by molar-refractivity contribution is 0.0737. The predicted octanol–water partition coefficient (Wildman–Crippen LogP) is 2.37. The third kappa shape index (κ3) is 3.96. The van der Waals surface area contributed by atoms with E-state index < -0.39 is 0 Å². The molecule has 5 nitrogen and oxygen atoms in total. The van der Waals surface area contributed by atoms with Crippen LogP contribution in [0.3, 0.4) is 0 Å². The molecule has 1 heterocycles. The third-order valence-electron chi connectivity index (χ3n) is 4.80. The number of likely N-dealkylation sites (tertiary alicyclic amines) is 1. The molecule has 2 N–H and O–H groups in total. The number of carbonyl (C=O) groups is 2. The second-order valence-corrected chi connectivity index (χ2v) is 6.61. The largest absolute Gasteiger partial charge is 0.339 e. The summed E-state index contributed by atoms with van der Waals surface area (Å²) in [6.07, 6.45) is 1.90. The first kappa shape index (κ1) is 18.5. The van der Waals surface area contributed by atoms with Gasteiger partial charge in [0.1, 0.15) is 0 Å². The molecule has 2 unspecified atom stereocenters. The highest BCUT2D eigenvalue weighted by Gasteiger charge is 2.32. The van der Waals surface area contributed by atoms with Crippen LogP contribution in [0.2, 0.25) is 0 Å². The van der Waals surface area contributed by atoms with Crippen LogP contribution in [-0.4, -0.2) is 53.8 Å². The van der Waals surface area contributed by atoms with Gasteiger partial charge in [0.2, 0.25) is 0 Å². The van der Waals surface area contributed by atoms with Crippen molar-refractivity contribution in [1.82, 2.24) is 9.80 Å². The molecule has 1 aliphatic rings. The molecule has 1 aromatic carbocycles. The molecule has 2 rings (SSSR count). The number of nitrogens with zero attached hydrogens (tertiary/aromatic N) is 2. The van der Waals surface area contributed by atoms with Gasteiger partial charge in [0.05, 0.1) is 0 Å². The van der Waals surface area contributed by atoms with Crippen LogP contribution in [0.5, 0.6) is 0 Å². The smallest absolute Gasteiger partial charge is 0.254 e. The standard InChI is InChI=1S/C19H29N3O2/c1-4-10-21(5-2)18(23)16-6-8-17(9-7-16)19(24)22-13-15(12-20)11-14(22)3/h6-9,14-15H,4-5,10-13,20H2,1-3H3. The highest BCUT2D eigenvalue weighted by molar-refractivity contribution is 5.98. The van der Waals surface area contributed by atoms with Crippen molar-refractivity contribution >= 4 is 11.8 Å². The fraction of sp³-hybridized carbons (Fsp3) is 0.579. The number of hydrogen-bond acceptors (Lipinski definition) is 3. The van der Waals surface area contributed by atoms with Crippen LogP contribution in [0.1, 0.15) is 54.3 Å². The minimum Gasteiger partial charge on any atom is -0.339 e. The van der Waals surface area contributed by atoms with Crippen LogP contribution < -0.4 is 5.73 Å². The summed E-state index contributed by atoms with van der Waals surface area (Å²) in [5.41, 5.74) is 7.01. The van der Waals surface area contributed by atoms with E-state index in [0.717, 1.165) is 25.9 Å². The minimum atomic E-state index is 0.0242. The Kier molecular flexibility index (Phi) is 6.37. The summed E-state index contributed by atoms with van der Waals surface area (Å²) in [6.45, 7) is 8.89. The fourth-order valence-electron chi connectivity index (χ4n) is 3.37. The average Bonchev–Trinajstić information content (AvgIpc) is 2.99. The van der Waals surface area contributed by atoms with Gasteiger partial charge in [0.15, 0.2) is 0 Å². The Morgan fingerprint density at radius 1 is 1.21 bits per heavy atom. The first-order valence-electron chi connectivity index (χ1n) is 8.92. The van der Waals surface area contributed by atoms with Crippen LogP contribution in [0.4, 0.5) is 0 Å². The molecule has 132 valence electrons.